The number of hydrogen-bond donors (Lipinski definition) is 0. The molecular formula is C63H43N3OSi. The van der Waals surface area contributed by atoms with E-state index in [1.165, 1.54) is 31.5 Å². The van der Waals surface area contributed by atoms with E-state index in [4.69, 9.17) is 9.40 Å². The molecule has 0 unspecified atom stereocenters. The van der Waals surface area contributed by atoms with Gasteiger partial charge in [0.05, 0.1) is 16.7 Å². The van der Waals surface area contributed by atoms with Gasteiger partial charge in [0.1, 0.15) is 5.52 Å². The van der Waals surface area contributed by atoms with Crippen LogP contribution in [0.5, 0.6) is 0 Å². The van der Waals surface area contributed by atoms with Crippen molar-refractivity contribution in [3.63, 3.8) is 0 Å². The minimum Gasteiger partial charge on any atom is -0.435 e. The predicted octanol–water partition coefficient (Wildman–Crippen LogP) is 13.7. The summed E-state index contributed by atoms with van der Waals surface area (Å²) in [6.07, 6.45) is 0. The fourth-order valence-corrected chi connectivity index (χ4v) is 15.5. The number of aromatic nitrogens is 2. The first-order chi connectivity index (χ1) is 33.7. The van der Waals surface area contributed by atoms with Gasteiger partial charge in [-0.25, -0.2) is 4.98 Å². The van der Waals surface area contributed by atoms with Crippen LogP contribution in [0.4, 0.5) is 17.1 Å². The maximum Gasteiger partial charge on any atom is 0.227 e. The molecule has 2 heterocycles. The Hall–Kier alpha value is -8.77. The van der Waals surface area contributed by atoms with Crippen molar-refractivity contribution in [2.45, 2.75) is 0 Å². The van der Waals surface area contributed by atoms with E-state index in [2.05, 4.69) is 252 Å². The fraction of sp³-hybridized carbons (Fsp3) is 0. The number of rotatable bonds is 9. The second kappa shape index (κ2) is 16.3. The topological polar surface area (TPSA) is 34.2 Å². The van der Waals surface area contributed by atoms with Gasteiger partial charge in [-0.3, -0.25) is 0 Å². The van der Waals surface area contributed by atoms with E-state index < -0.39 is 8.07 Å². The smallest absolute Gasteiger partial charge is 0.227 e. The molecule has 0 fully saturated rings. The Morgan fingerprint density at radius 3 is 1.66 bits per heavy atom. The number of benzene rings is 11. The minimum atomic E-state index is -2.91. The lowest BCUT2D eigenvalue weighted by Crippen LogP contribution is -2.74. The standard InChI is InChI=1S/C63H43N3OSi/c1-6-20-46(21-7-1)63-64-57-41-39-45-37-36-44-38-40-49(43-56(44)60(45)62(57)67-63)65(59-35-19-33-55-54-32-16-17-34-58(54)66(61(55)59)47-22-8-2-9-23-47)48-24-18-31-53(42-48)68(50-25-10-3-11-26-50,51-27-12-4-13-28-51)52-29-14-5-15-30-52/h1-43H. The van der Waals surface area contributed by atoms with Crippen LogP contribution in [0.1, 0.15) is 0 Å². The number of nitrogens with zero attached hydrogens (tertiary/aromatic N) is 3. The van der Waals surface area contributed by atoms with E-state index >= 15 is 0 Å². The molecule has 0 N–H and O–H groups in total. The van der Waals surface area contributed by atoms with Crippen LogP contribution in [-0.4, -0.2) is 17.6 Å². The first-order valence-electron chi connectivity index (χ1n) is 23.2. The number of oxazole rings is 1. The molecule has 4 nitrogen and oxygen atoms in total. The average Bonchev–Trinajstić information content (AvgIpc) is 4.01. The van der Waals surface area contributed by atoms with Gasteiger partial charge in [-0.1, -0.05) is 194 Å². The highest BCUT2D eigenvalue weighted by Crippen LogP contribution is 2.45. The third kappa shape index (κ3) is 6.32. The van der Waals surface area contributed by atoms with Gasteiger partial charge in [0, 0.05) is 38.8 Å². The molecule has 320 valence electrons. The number of para-hydroxylation sites is 3. The van der Waals surface area contributed by atoms with E-state index in [1.54, 1.807) is 0 Å². The molecule has 0 amide bonds. The van der Waals surface area contributed by atoms with Crippen molar-refractivity contribution >= 4 is 100 Å². The SMILES string of the molecule is c1ccc(-c2nc3ccc4ccc5ccc(N(c6cccc([Si](c7ccccc7)(c7ccccc7)c7ccccc7)c6)c6cccc7c8ccccc8n(-c8ccccc8)c67)cc5c4c3o2)cc1. The Labute approximate surface area is 395 Å². The van der Waals surface area contributed by atoms with Crippen LogP contribution >= 0.6 is 0 Å². The zero-order valence-electron chi connectivity index (χ0n) is 37.1. The van der Waals surface area contributed by atoms with Crippen LogP contribution < -0.4 is 25.6 Å². The van der Waals surface area contributed by atoms with E-state index in [-0.39, 0.29) is 0 Å². The average molecular weight is 886 g/mol. The number of hydrogen-bond acceptors (Lipinski definition) is 3. The fourth-order valence-electron chi connectivity index (χ4n) is 10.7. The molecular weight excluding hydrogens is 843 g/mol. The van der Waals surface area contributed by atoms with E-state index in [0.717, 1.165) is 72.0 Å². The summed E-state index contributed by atoms with van der Waals surface area (Å²) in [6, 6.07) is 95.0. The van der Waals surface area contributed by atoms with E-state index in [1.807, 2.05) is 18.2 Å². The Bertz CT molecular complexity index is 3870. The molecule has 13 rings (SSSR count). The second-order valence-corrected chi connectivity index (χ2v) is 21.3. The van der Waals surface area contributed by atoms with Crippen molar-refractivity contribution in [2.24, 2.45) is 0 Å². The quantitative estimate of drug-likeness (QED) is 0.0823. The summed E-state index contributed by atoms with van der Waals surface area (Å²) in [5.74, 6) is 0.614. The van der Waals surface area contributed by atoms with E-state index in [9.17, 15) is 0 Å². The third-order valence-corrected chi connectivity index (χ3v) is 18.5. The van der Waals surface area contributed by atoms with Crippen LogP contribution in [0.3, 0.4) is 0 Å². The lowest BCUT2D eigenvalue weighted by Gasteiger charge is -2.35. The van der Waals surface area contributed by atoms with Crippen LogP contribution in [0.2, 0.25) is 0 Å². The summed E-state index contributed by atoms with van der Waals surface area (Å²) >= 11 is 0. The normalized spacial score (nSPS) is 11.8. The lowest BCUT2D eigenvalue weighted by atomic mass is 10.00. The lowest BCUT2D eigenvalue weighted by molar-refractivity contribution is 0.623. The monoisotopic (exact) mass is 885 g/mol. The molecule has 0 radical (unpaired) electrons. The van der Waals surface area contributed by atoms with Gasteiger partial charge in [-0.05, 0) is 104 Å². The Morgan fingerprint density at radius 1 is 0.412 bits per heavy atom. The minimum absolute atomic E-state index is 0.614. The Morgan fingerprint density at radius 2 is 0.956 bits per heavy atom. The maximum absolute atomic E-state index is 6.76. The molecule has 0 saturated heterocycles. The van der Waals surface area contributed by atoms with Crippen LogP contribution in [0.15, 0.2) is 265 Å². The summed E-state index contributed by atoms with van der Waals surface area (Å²) in [4.78, 5) is 7.50. The van der Waals surface area contributed by atoms with Crippen LogP contribution in [0, 0.1) is 0 Å². The molecule has 68 heavy (non-hydrogen) atoms. The van der Waals surface area contributed by atoms with Gasteiger partial charge in [-0.15, -0.1) is 0 Å². The van der Waals surface area contributed by atoms with Crippen molar-refractivity contribution in [1.29, 1.82) is 0 Å². The van der Waals surface area contributed by atoms with Crippen LogP contribution in [-0.2, 0) is 0 Å². The largest absolute Gasteiger partial charge is 0.435 e. The number of fused-ring (bicyclic) bond motifs is 8. The third-order valence-electron chi connectivity index (χ3n) is 13.7. The van der Waals surface area contributed by atoms with Crippen molar-refractivity contribution in [3.05, 3.63) is 261 Å². The molecule has 0 aliphatic carbocycles. The zero-order chi connectivity index (χ0) is 45.0. The van der Waals surface area contributed by atoms with Crippen LogP contribution in [0.25, 0.3) is 71.6 Å². The predicted molar refractivity (Wildman–Crippen MR) is 287 cm³/mol. The molecule has 0 spiro atoms. The van der Waals surface area contributed by atoms with Gasteiger partial charge in [0.25, 0.3) is 0 Å². The van der Waals surface area contributed by atoms with Crippen molar-refractivity contribution in [3.8, 4) is 17.1 Å². The first-order valence-corrected chi connectivity index (χ1v) is 25.2. The molecule has 0 bridgehead atoms. The van der Waals surface area contributed by atoms with Gasteiger partial charge in [0.15, 0.2) is 13.7 Å². The Balaban J connectivity index is 1.13. The molecule has 0 aliphatic heterocycles. The van der Waals surface area contributed by atoms with Gasteiger partial charge in [0.2, 0.25) is 5.89 Å². The maximum atomic E-state index is 6.76. The molecule has 0 atom stereocenters. The first kappa shape index (κ1) is 39.6. The van der Waals surface area contributed by atoms with Crippen molar-refractivity contribution in [2.75, 3.05) is 4.90 Å². The highest BCUT2D eigenvalue weighted by molar-refractivity contribution is 7.19. The van der Waals surface area contributed by atoms with E-state index in [0.29, 0.717) is 5.89 Å². The molecule has 13 aromatic rings. The van der Waals surface area contributed by atoms with Gasteiger partial charge >= 0.3 is 0 Å². The Kier molecular flexibility index (Phi) is 9.48. The highest BCUT2D eigenvalue weighted by Gasteiger charge is 2.41. The zero-order valence-corrected chi connectivity index (χ0v) is 38.1. The van der Waals surface area contributed by atoms with Gasteiger partial charge in [-0.2, -0.15) is 0 Å². The summed E-state index contributed by atoms with van der Waals surface area (Å²) < 4.78 is 9.19. The second-order valence-electron chi connectivity index (χ2n) is 17.5. The summed E-state index contributed by atoms with van der Waals surface area (Å²) in [5.41, 5.74) is 9.13. The summed E-state index contributed by atoms with van der Waals surface area (Å²) in [6.45, 7) is 0. The summed E-state index contributed by atoms with van der Waals surface area (Å²) in [7, 11) is -2.91. The summed E-state index contributed by atoms with van der Waals surface area (Å²) in [5, 5.41) is 12.0. The molecule has 5 heteroatoms. The molecule has 0 aliphatic rings. The molecule has 11 aromatic carbocycles. The molecule has 2 aromatic heterocycles. The van der Waals surface area contributed by atoms with Crippen molar-refractivity contribution in [1.82, 2.24) is 9.55 Å². The van der Waals surface area contributed by atoms with Gasteiger partial charge < -0.3 is 13.9 Å². The number of anilines is 3. The van der Waals surface area contributed by atoms with Crippen molar-refractivity contribution < 1.29 is 4.42 Å². The molecule has 0 saturated carbocycles. The highest BCUT2D eigenvalue weighted by atomic mass is 28.3.